The number of aliphatic hydroxyl groups is 1. The maximum Gasteiger partial charge on any atom is 0.0471 e. The highest BCUT2D eigenvalue weighted by Crippen LogP contribution is 2.18. The van der Waals surface area contributed by atoms with Crippen molar-refractivity contribution in [2.75, 3.05) is 40.0 Å². The predicted molar refractivity (Wildman–Crippen MR) is 66.5 cm³/mol. The summed E-state index contributed by atoms with van der Waals surface area (Å²) in [7, 11) is 2.16. The molecule has 0 aromatic rings. The van der Waals surface area contributed by atoms with E-state index in [-0.39, 0.29) is 0 Å². The van der Waals surface area contributed by atoms with Gasteiger partial charge in [0, 0.05) is 26.4 Å². The molecule has 0 saturated carbocycles. The van der Waals surface area contributed by atoms with Crippen LogP contribution in [0.4, 0.5) is 0 Å². The molecule has 0 bridgehead atoms. The Bertz CT molecular complexity index is 165. The van der Waals surface area contributed by atoms with Crippen LogP contribution in [0.1, 0.15) is 32.6 Å². The molecule has 0 amide bonds. The third-order valence-corrected chi connectivity index (χ3v) is 3.67. The Morgan fingerprint density at radius 2 is 2.06 bits per heavy atom. The summed E-state index contributed by atoms with van der Waals surface area (Å²) in [5.74, 6) is 1.30. The molecule has 1 rings (SSSR count). The Labute approximate surface area is 99.8 Å². The quantitative estimate of drug-likeness (QED) is 0.722. The van der Waals surface area contributed by atoms with Crippen molar-refractivity contribution in [2.24, 2.45) is 11.8 Å². The van der Waals surface area contributed by atoms with Gasteiger partial charge in [-0.05, 0) is 51.1 Å². The molecule has 0 aliphatic carbocycles. The second-order valence-corrected chi connectivity index (χ2v) is 5.06. The molecule has 0 spiro atoms. The summed E-state index contributed by atoms with van der Waals surface area (Å²) < 4.78 is 5.36. The first kappa shape index (κ1) is 13.9. The fourth-order valence-electron chi connectivity index (χ4n) is 2.29. The summed E-state index contributed by atoms with van der Waals surface area (Å²) in [6, 6.07) is 0. The topological polar surface area (TPSA) is 32.7 Å². The lowest BCUT2D eigenvalue weighted by atomic mass is 9.96. The minimum absolute atomic E-state index is 0.318. The molecule has 1 fully saturated rings. The number of aliphatic hydroxyl groups excluding tert-OH is 1. The molecule has 0 aromatic heterocycles. The number of ether oxygens (including phenoxy) is 1. The number of hydrogen-bond acceptors (Lipinski definition) is 3. The lowest BCUT2D eigenvalue weighted by molar-refractivity contribution is 0.0599. The van der Waals surface area contributed by atoms with E-state index in [4.69, 9.17) is 9.84 Å². The molecule has 1 N–H and O–H groups in total. The largest absolute Gasteiger partial charge is 0.396 e. The van der Waals surface area contributed by atoms with Crippen molar-refractivity contribution in [1.82, 2.24) is 4.90 Å². The van der Waals surface area contributed by atoms with Crippen LogP contribution in [-0.4, -0.2) is 50.0 Å². The van der Waals surface area contributed by atoms with E-state index >= 15 is 0 Å². The highest BCUT2D eigenvalue weighted by Gasteiger charge is 2.15. The molecule has 3 heteroatoms. The molecule has 16 heavy (non-hydrogen) atoms. The Morgan fingerprint density at radius 1 is 1.38 bits per heavy atom. The third kappa shape index (κ3) is 5.28. The van der Waals surface area contributed by atoms with Crippen LogP contribution in [0, 0.1) is 11.8 Å². The van der Waals surface area contributed by atoms with Crippen molar-refractivity contribution < 1.29 is 9.84 Å². The van der Waals surface area contributed by atoms with Crippen LogP contribution in [0.25, 0.3) is 0 Å². The van der Waals surface area contributed by atoms with Crippen LogP contribution in [-0.2, 0) is 4.74 Å². The predicted octanol–water partition coefficient (Wildman–Crippen LogP) is 1.75. The molecule has 1 aliphatic rings. The van der Waals surface area contributed by atoms with E-state index in [0.717, 1.165) is 38.6 Å². The van der Waals surface area contributed by atoms with Crippen LogP contribution in [0.15, 0.2) is 0 Å². The van der Waals surface area contributed by atoms with Gasteiger partial charge < -0.3 is 14.7 Å². The summed E-state index contributed by atoms with van der Waals surface area (Å²) in [4.78, 5) is 2.36. The zero-order valence-corrected chi connectivity index (χ0v) is 10.8. The lowest BCUT2D eigenvalue weighted by Crippen LogP contribution is -2.30. The molecule has 1 atom stereocenters. The molecule has 1 heterocycles. The Morgan fingerprint density at radius 3 is 2.62 bits per heavy atom. The minimum atomic E-state index is 0.318. The van der Waals surface area contributed by atoms with E-state index in [2.05, 4.69) is 18.9 Å². The molecular weight excluding hydrogens is 202 g/mol. The van der Waals surface area contributed by atoms with Gasteiger partial charge in [-0.3, -0.25) is 0 Å². The number of hydrogen-bond donors (Lipinski definition) is 1. The van der Waals surface area contributed by atoms with E-state index in [9.17, 15) is 0 Å². The molecule has 3 nitrogen and oxygen atoms in total. The SMILES string of the molecule is CCC(CO)CN(C)CCC1CCOCC1. The highest BCUT2D eigenvalue weighted by molar-refractivity contribution is 4.67. The summed E-state index contributed by atoms with van der Waals surface area (Å²) in [5, 5.41) is 9.15. The average molecular weight is 229 g/mol. The van der Waals surface area contributed by atoms with Crippen LogP contribution < -0.4 is 0 Å². The van der Waals surface area contributed by atoms with Crippen molar-refractivity contribution >= 4 is 0 Å². The number of nitrogens with zero attached hydrogens (tertiary/aromatic N) is 1. The van der Waals surface area contributed by atoms with Crippen molar-refractivity contribution in [2.45, 2.75) is 32.6 Å². The van der Waals surface area contributed by atoms with Crippen LogP contribution in [0.3, 0.4) is 0 Å². The van der Waals surface area contributed by atoms with Gasteiger partial charge in [0.1, 0.15) is 0 Å². The molecule has 1 unspecified atom stereocenters. The summed E-state index contributed by atoms with van der Waals surface area (Å²) >= 11 is 0. The van der Waals surface area contributed by atoms with Gasteiger partial charge in [0.05, 0.1) is 0 Å². The van der Waals surface area contributed by atoms with Gasteiger partial charge in [0.15, 0.2) is 0 Å². The van der Waals surface area contributed by atoms with E-state index in [1.807, 2.05) is 0 Å². The second-order valence-electron chi connectivity index (χ2n) is 5.06. The first-order chi connectivity index (χ1) is 7.76. The summed E-state index contributed by atoms with van der Waals surface area (Å²) in [5.41, 5.74) is 0. The smallest absolute Gasteiger partial charge is 0.0471 e. The molecule has 0 radical (unpaired) electrons. The lowest BCUT2D eigenvalue weighted by Gasteiger charge is -2.26. The zero-order valence-electron chi connectivity index (χ0n) is 10.8. The van der Waals surface area contributed by atoms with Gasteiger partial charge in [-0.25, -0.2) is 0 Å². The van der Waals surface area contributed by atoms with E-state index in [1.165, 1.54) is 19.3 Å². The van der Waals surface area contributed by atoms with Gasteiger partial charge in [-0.2, -0.15) is 0 Å². The fraction of sp³-hybridized carbons (Fsp3) is 1.00. The Hall–Kier alpha value is -0.120. The van der Waals surface area contributed by atoms with Gasteiger partial charge in [-0.15, -0.1) is 0 Å². The van der Waals surface area contributed by atoms with E-state index < -0.39 is 0 Å². The van der Waals surface area contributed by atoms with E-state index in [1.54, 1.807) is 0 Å². The average Bonchev–Trinajstić information content (AvgIpc) is 2.34. The molecular formula is C13H27NO2. The number of rotatable bonds is 7. The van der Waals surface area contributed by atoms with Gasteiger partial charge >= 0.3 is 0 Å². The van der Waals surface area contributed by atoms with Crippen LogP contribution >= 0.6 is 0 Å². The normalized spacial score (nSPS) is 20.2. The molecule has 1 saturated heterocycles. The van der Waals surface area contributed by atoms with Crippen molar-refractivity contribution in [3.05, 3.63) is 0 Å². The fourth-order valence-corrected chi connectivity index (χ4v) is 2.29. The maximum absolute atomic E-state index is 9.15. The van der Waals surface area contributed by atoms with Crippen LogP contribution in [0.5, 0.6) is 0 Å². The van der Waals surface area contributed by atoms with Gasteiger partial charge in [0.25, 0.3) is 0 Å². The summed E-state index contributed by atoms with van der Waals surface area (Å²) in [6.45, 7) is 6.54. The molecule has 0 aromatic carbocycles. The van der Waals surface area contributed by atoms with Gasteiger partial charge in [0.2, 0.25) is 0 Å². The Kier molecular flexibility index (Phi) is 7.01. The minimum Gasteiger partial charge on any atom is -0.396 e. The van der Waals surface area contributed by atoms with Crippen molar-refractivity contribution in [3.63, 3.8) is 0 Å². The summed E-state index contributed by atoms with van der Waals surface area (Å²) in [6.07, 6.45) is 4.80. The first-order valence-corrected chi connectivity index (χ1v) is 6.63. The van der Waals surface area contributed by atoms with Crippen molar-refractivity contribution in [1.29, 1.82) is 0 Å². The Balaban J connectivity index is 2.10. The zero-order chi connectivity index (χ0) is 11.8. The second kappa shape index (κ2) is 8.04. The maximum atomic E-state index is 9.15. The highest BCUT2D eigenvalue weighted by atomic mass is 16.5. The standard InChI is InChI=1S/C13H27NO2/c1-3-12(11-15)10-14(2)7-4-13-5-8-16-9-6-13/h12-13,15H,3-11H2,1-2H3. The van der Waals surface area contributed by atoms with Crippen molar-refractivity contribution in [3.8, 4) is 0 Å². The molecule has 1 aliphatic heterocycles. The monoisotopic (exact) mass is 229 g/mol. The first-order valence-electron chi connectivity index (χ1n) is 6.63. The van der Waals surface area contributed by atoms with Crippen LogP contribution in [0.2, 0.25) is 0 Å². The molecule has 96 valence electrons. The van der Waals surface area contributed by atoms with E-state index in [0.29, 0.717) is 12.5 Å². The third-order valence-electron chi connectivity index (χ3n) is 3.67. The van der Waals surface area contributed by atoms with Gasteiger partial charge in [-0.1, -0.05) is 6.92 Å².